The van der Waals surface area contributed by atoms with E-state index < -0.39 is 0 Å². The van der Waals surface area contributed by atoms with Crippen molar-refractivity contribution in [3.63, 3.8) is 0 Å². The molecular weight excluding hydrogens is 353 g/mol. The van der Waals surface area contributed by atoms with E-state index in [1.165, 1.54) is 25.7 Å². The van der Waals surface area contributed by atoms with Crippen LogP contribution in [0.4, 0.5) is 0 Å². The van der Waals surface area contributed by atoms with Crippen molar-refractivity contribution in [2.75, 3.05) is 6.54 Å². The molecule has 2 aliphatic rings. The normalized spacial score (nSPS) is 18.6. The van der Waals surface area contributed by atoms with Gasteiger partial charge in [-0.15, -0.1) is 0 Å². The number of phenolic OH excluding ortho intramolecular Hbond substituents is 1. The summed E-state index contributed by atoms with van der Waals surface area (Å²) in [6.45, 7) is 0.763. The Balaban J connectivity index is 1.62. The van der Waals surface area contributed by atoms with Gasteiger partial charge in [-0.05, 0) is 84.2 Å². The van der Waals surface area contributed by atoms with E-state index in [4.69, 9.17) is 0 Å². The lowest BCUT2D eigenvalue weighted by Crippen LogP contribution is -2.31. The average molecular weight is 371 g/mol. The molecule has 0 bridgehead atoms. The van der Waals surface area contributed by atoms with Gasteiger partial charge < -0.3 is 10.4 Å². The molecule has 102 valence electrons. The van der Waals surface area contributed by atoms with Gasteiger partial charge in [-0.25, -0.2) is 0 Å². The van der Waals surface area contributed by atoms with E-state index in [0.29, 0.717) is 11.5 Å². The van der Waals surface area contributed by atoms with Gasteiger partial charge in [0.1, 0.15) is 5.75 Å². The Morgan fingerprint density at radius 1 is 1.32 bits per heavy atom. The molecular formula is C15H18INO2. The fourth-order valence-corrected chi connectivity index (χ4v) is 3.25. The van der Waals surface area contributed by atoms with Crippen LogP contribution in [0.2, 0.25) is 0 Å². The molecule has 19 heavy (non-hydrogen) atoms. The third-order valence-electron chi connectivity index (χ3n) is 4.16. The van der Waals surface area contributed by atoms with Crippen LogP contribution >= 0.6 is 22.6 Å². The predicted octanol–water partition coefficient (Wildman–Crippen LogP) is 3.16. The summed E-state index contributed by atoms with van der Waals surface area (Å²) in [7, 11) is 0. The van der Waals surface area contributed by atoms with Gasteiger partial charge in [0.25, 0.3) is 5.91 Å². The third kappa shape index (κ3) is 3.22. The number of hydrogen-bond acceptors (Lipinski definition) is 2. The van der Waals surface area contributed by atoms with Crippen LogP contribution in [0.15, 0.2) is 18.2 Å². The van der Waals surface area contributed by atoms with Gasteiger partial charge in [-0.1, -0.05) is 0 Å². The maximum atomic E-state index is 12.1. The second-order valence-corrected chi connectivity index (χ2v) is 6.96. The van der Waals surface area contributed by atoms with Crippen LogP contribution < -0.4 is 5.32 Å². The summed E-state index contributed by atoms with van der Waals surface area (Å²) in [5, 5.41) is 12.8. The number of amides is 1. The van der Waals surface area contributed by atoms with Crippen molar-refractivity contribution in [1.82, 2.24) is 5.32 Å². The predicted molar refractivity (Wildman–Crippen MR) is 82.1 cm³/mol. The lowest BCUT2D eigenvalue weighted by molar-refractivity contribution is 0.0940. The number of carbonyl (C=O) groups is 1. The van der Waals surface area contributed by atoms with Gasteiger partial charge in [-0.2, -0.15) is 0 Å². The molecule has 0 spiro atoms. The Kier molecular flexibility index (Phi) is 3.69. The minimum absolute atomic E-state index is 0.0623. The molecule has 2 saturated carbocycles. The molecule has 2 N–H and O–H groups in total. The highest BCUT2D eigenvalue weighted by molar-refractivity contribution is 14.1. The van der Waals surface area contributed by atoms with Gasteiger partial charge >= 0.3 is 0 Å². The molecule has 1 amide bonds. The highest BCUT2D eigenvalue weighted by atomic mass is 127. The molecule has 0 aromatic heterocycles. The lowest BCUT2D eigenvalue weighted by Gasteiger charge is -2.16. The van der Waals surface area contributed by atoms with Crippen LogP contribution in [-0.4, -0.2) is 17.6 Å². The molecule has 0 unspecified atom stereocenters. The Morgan fingerprint density at radius 3 is 2.53 bits per heavy atom. The first-order chi connectivity index (χ1) is 9.15. The van der Waals surface area contributed by atoms with E-state index in [9.17, 15) is 9.90 Å². The molecule has 3 rings (SSSR count). The standard InChI is InChI=1S/C15H18INO2/c16-11-5-6-14(18)12(7-11)15(19)17-8-13(9-1-2-9)10-3-4-10/h5-7,9-10,13,18H,1-4,8H2,(H,17,19). The van der Waals surface area contributed by atoms with Crippen molar-refractivity contribution in [2.24, 2.45) is 17.8 Å². The van der Waals surface area contributed by atoms with Crippen molar-refractivity contribution in [3.8, 4) is 5.75 Å². The Morgan fingerprint density at radius 2 is 1.95 bits per heavy atom. The van der Waals surface area contributed by atoms with Crippen molar-refractivity contribution in [1.29, 1.82) is 0 Å². The maximum absolute atomic E-state index is 12.1. The summed E-state index contributed by atoms with van der Waals surface area (Å²) >= 11 is 2.15. The summed E-state index contributed by atoms with van der Waals surface area (Å²) in [5.41, 5.74) is 0.386. The van der Waals surface area contributed by atoms with Crippen molar-refractivity contribution in [2.45, 2.75) is 25.7 Å². The van der Waals surface area contributed by atoms with Gasteiger partial charge in [0, 0.05) is 10.1 Å². The summed E-state index contributed by atoms with van der Waals surface area (Å²) in [6.07, 6.45) is 5.30. The van der Waals surface area contributed by atoms with Crippen LogP contribution in [0.1, 0.15) is 36.0 Å². The summed E-state index contributed by atoms with van der Waals surface area (Å²) in [4.78, 5) is 12.1. The molecule has 0 heterocycles. The van der Waals surface area contributed by atoms with E-state index in [1.807, 2.05) is 0 Å². The van der Waals surface area contributed by atoms with Crippen molar-refractivity contribution >= 4 is 28.5 Å². The summed E-state index contributed by atoms with van der Waals surface area (Å²) in [5.74, 6) is 2.23. The molecule has 1 aromatic rings. The second-order valence-electron chi connectivity index (χ2n) is 5.71. The molecule has 3 nitrogen and oxygen atoms in total. The number of benzene rings is 1. The highest BCUT2D eigenvalue weighted by Crippen LogP contribution is 2.48. The summed E-state index contributed by atoms with van der Waals surface area (Å²) < 4.78 is 0.960. The molecule has 0 saturated heterocycles. The van der Waals surface area contributed by atoms with Gasteiger partial charge in [0.2, 0.25) is 0 Å². The van der Waals surface area contributed by atoms with Crippen molar-refractivity contribution in [3.05, 3.63) is 27.3 Å². The zero-order chi connectivity index (χ0) is 13.4. The van der Waals surface area contributed by atoms with E-state index in [2.05, 4.69) is 27.9 Å². The topological polar surface area (TPSA) is 49.3 Å². The lowest BCUT2D eigenvalue weighted by atomic mass is 9.98. The number of carbonyl (C=O) groups excluding carboxylic acids is 1. The molecule has 0 aliphatic heterocycles. The largest absolute Gasteiger partial charge is 0.507 e. The van der Waals surface area contributed by atoms with Crippen molar-refractivity contribution < 1.29 is 9.90 Å². The van der Waals surface area contributed by atoms with Crippen LogP contribution in [0, 0.1) is 21.3 Å². The number of rotatable bonds is 5. The minimum atomic E-state index is -0.151. The average Bonchev–Trinajstić information content (AvgIpc) is 3.25. The molecule has 0 radical (unpaired) electrons. The zero-order valence-corrected chi connectivity index (χ0v) is 12.9. The number of hydrogen-bond donors (Lipinski definition) is 2. The second kappa shape index (κ2) is 5.31. The van der Waals surface area contributed by atoms with Crippen LogP contribution in [0.5, 0.6) is 5.75 Å². The first-order valence-corrected chi connectivity index (χ1v) is 7.99. The Labute approximate surface area is 126 Å². The number of nitrogens with one attached hydrogen (secondary N) is 1. The maximum Gasteiger partial charge on any atom is 0.255 e. The molecule has 2 aliphatic carbocycles. The highest BCUT2D eigenvalue weighted by Gasteiger charge is 2.41. The van der Waals surface area contributed by atoms with E-state index in [1.54, 1.807) is 18.2 Å². The SMILES string of the molecule is O=C(NCC(C1CC1)C1CC1)c1cc(I)ccc1O. The fraction of sp³-hybridized carbons (Fsp3) is 0.533. The van der Waals surface area contributed by atoms with E-state index in [-0.39, 0.29) is 11.7 Å². The first-order valence-electron chi connectivity index (χ1n) is 6.92. The fourth-order valence-electron chi connectivity index (χ4n) is 2.76. The third-order valence-corrected chi connectivity index (χ3v) is 4.83. The molecule has 4 heteroatoms. The van der Waals surface area contributed by atoms with Gasteiger partial charge in [0.15, 0.2) is 0 Å². The van der Waals surface area contributed by atoms with E-state index in [0.717, 1.165) is 22.0 Å². The van der Waals surface area contributed by atoms with E-state index >= 15 is 0 Å². The van der Waals surface area contributed by atoms with Crippen LogP contribution in [-0.2, 0) is 0 Å². The molecule has 0 atom stereocenters. The van der Waals surface area contributed by atoms with Crippen LogP contribution in [0.25, 0.3) is 0 Å². The Hall–Kier alpha value is -0.780. The molecule has 2 fully saturated rings. The monoisotopic (exact) mass is 371 g/mol. The smallest absolute Gasteiger partial charge is 0.255 e. The van der Waals surface area contributed by atoms with Gasteiger partial charge in [0.05, 0.1) is 5.56 Å². The number of halogens is 1. The first kappa shape index (κ1) is 13.2. The Bertz CT molecular complexity index is 483. The quantitative estimate of drug-likeness (QED) is 0.782. The summed E-state index contributed by atoms with van der Waals surface area (Å²) in [6, 6.07) is 5.11. The van der Waals surface area contributed by atoms with Gasteiger partial charge in [-0.3, -0.25) is 4.79 Å². The molecule has 1 aromatic carbocycles. The minimum Gasteiger partial charge on any atom is -0.507 e. The zero-order valence-electron chi connectivity index (χ0n) is 10.7. The number of aromatic hydroxyl groups is 1. The van der Waals surface area contributed by atoms with Crippen LogP contribution in [0.3, 0.4) is 0 Å². The number of phenols is 1.